The molecule has 2 fully saturated rings. The van der Waals surface area contributed by atoms with Gasteiger partial charge in [-0.05, 0) is 32.7 Å². The summed E-state index contributed by atoms with van der Waals surface area (Å²) in [6.07, 6.45) is 3.88. The normalized spacial score (nSPS) is 23.4. The minimum atomic E-state index is 0. The van der Waals surface area contributed by atoms with Crippen LogP contribution in [-0.4, -0.2) is 42.0 Å². The third kappa shape index (κ3) is 5.05. The van der Waals surface area contributed by atoms with E-state index in [1.807, 2.05) is 5.38 Å². The first kappa shape index (κ1) is 21.2. The standard InChI is InChI=1S/C15H22N4O2S.2ClH/c1-10-12(4-2-6-16-10)18-13(20)8-11-9-22-15(17-11)19-7-3-5-14(19)21;;/h9-10,12,16H,2-8H2,1H3,(H,18,20);2*1H. The van der Waals surface area contributed by atoms with E-state index < -0.39 is 0 Å². The minimum absolute atomic E-state index is 0. The van der Waals surface area contributed by atoms with Crippen LogP contribution in [-0.2, 0) is 16.0 Å². The monoisotopic (exact) mass is 394 g/mol. The summed E-state index contributed by atoms with van der Waals surface area (Å²) in [5, 5.41) is 9.06. The van der Waals surface area contributed by atoms with Crippen molar-refractivity contribution in [3.63, 3.8) is 0 Å². The fraction of sp³-hybridized carbons (Fsp3) is 0.667. The molecule has 3 rings (SSSR count). The first-order valence-electron chi connectivity index (χ1n) is 7.91. The lowest BCUT2D eigenvalue weighted by atomic mass is 10.00. The second-order valence-corrected chi connectivity index (χ2v) is 6.84. The Hall–Kier alpha value is -0.890. The molecule has 6 nitrogen and oxygen atoms in total. The molecule has 2 atom stereocenters. The van der Waals surface area contributed by atoms with E-state index in [4.69, 9.17) is 0 Å². The van der Waals surface area contributed by atoms with E-state index in [1.165, 1.54) is 11.3 Å². The molecule has 9 heteroatoms. The molecule has 2 aliphatic rings. The summed E-state index contributed by atoms with van der Waals surface area (Å²) in [7, 11) is 0. The summed E-state index contributed by atoms with van der Waals surface area (Å²) in [5.74, 6) is 0.137. The molecule has 0 radical (unpaired) electrons. The zero-order valence-electron chi connectivity index (χ0n) is 13.6. The number of halogens is 2. The Balaban J connectivity index is 0.00000144. The van der Waals surface area contributed by atoms with Crippen LogP contribution in [0.25, 0.3) is 0 Å². The van der Waals surface area contributed by atoms with Crippen molar-refractivity contribution in [2.45, 2.75) is 51.1 Å². The molecule has 2 amide bonds. The van der Waals surface area contributed by atoms with Crippen molar-refractivity contribution < 1.29 is 9.59 Å². The largest absolute Gasteiger partial charge is 0.351 e. The van der Waals surface area contributed by atoms with Crippen LogP contribution >= 0.6 is 36.2 Å². The second-order valence-electron chi connectivity index (χ2n) is 6.01. The van der Waals surface area contributed by atoms with Crippen molar-refractivity contribution in [2.24, 2.45) is 0 Å². The maximum absolute atomic E-state index is 12.2. The van der Waals surface area contributed by atoms with Gasteiger partial charge in [0.2, 0.25) is 11.8 Å². The van der Waals surface area contributed by atoms with E-state index >= 15 is 0 Å². The van der Waals surface area contributed by atoms with Gasteiger partial charge in [0.15, 0.2) is 5.13 Å². The average Bonchev–Trinajstić information content (AvgIpc) is 3.10. The van der Waals surface area contributed by atoms with Gasteiger partial charge in [-0.3, -0.25) is 14.5 Å². The molecule has 2 unspecified atom stereocenters. The Kier molecular flexibility index (Phi) is 8.42. The number of thiazole rings is 1. The third-order valence-electron chi connectivity index (χ3n) is 4.29. The molecule has 3 heterocycles. The lowest BCUT2D eigenvalue weighted by molar-refractivity contribution is -0.121. The Labute approximate surface area is 158 Å². The van der Waals surface area contributed by atoms with Crippen LogP contribution in [0.15, 0.2) is 5.38 Å². The zero-order valence-corrected chi connectivity index (χ0v) is 16.1. The molecule has 0 aliphatic carbocycles. The predicted molar refractivity (Wildman–Crippen MR) is 101 cm³/mol. The van der Waals surface area contributed by atoms with E-state index in [2.05, 4.69) is 22.5 Å². The smallest absolute Gasteiger partial charge is 0.228 e. The van der Waals surface area contributed by atoms with Gasteiger partial charge in [0, 0.05) is 30.4 Å². The van der Waals surface area contributed by atoms with E-state index in [1.54, 1.807) is 4.90 Å². The Morgan fingerprint density at radius 1 is 1.46 bits per heavy atom. The van der Waals surface area contributed by atoms with E-state index in [0.717, 1.165) is 43.2 Å². The molecule has 1 aromatic rings. The van der Waals surface area contributed by atoms with Gasteiger partial charge in [-0.25, -0.2) is 4.98 Å². The van der Waals surface area contributed by atoms with Gasteiger partial charge in [0.25, 0.3) is 0 Å². The van der Waals surface area contributed by atoms with E-state index in [-0.39, 0.29) is 49.1 Å². The topological polar surface area (TPSA) is 74.3 Å². The molecule has 0 bridgehead atoms. The van der Waals surface area contributed by atoms with Crippen molar-refractivity contribution in [3.8, 4) is 0 Å². The van der Waals surface area contributed by atoms with Gasteiger partial charge < -0.3 is 10.6 Å². The van der Waals surface area contributed by atoms with Gasteiger partial charge in [-0.2, -0.15) is 0 Å². The third-order valence-corrected chi connectivity index (χ3v) is 5.21. The number of anilines is 1. The first-order chi connectivity index (χ1) is 10.6. The number of carbonyl (C=O) groups excluding carboxylic acids is 2. The zero-order chi connectivity index (χ0) is 15.5. The molecule has 24 heavy (non-hydrogen) atoms. The van der Waals surface area contributed by atoms with Gasteiger partial charge >= 0.3 is 0 Å². The van der Waals surface area contributed by atoms with E-state index in [9.17, 15) is 9.59 Å². The Bertz CT molecular complexity index is 569. The van der Waals surface area contributed by atoms with Crippen LogP contribution in [0.1, 0.15) is 38.3 Å². The number of amides is 2. The molecule has 136 valence electrons. The second kappa shape index (κ2) is 9.56. The average molecular weight is 395 g/mol. The molecule has 0 spiro atoms. The van der Waals surface area contributed by atoms with Gasteiger partial charge in [0.1, 0.15) is 0 Å². The van der Waals surface area contributed by atoms with Crippen LogP contribution in [0, 0.1) is 0 Å². The van der Waals surface area contributed by atoms with Crippen molar-refractivity contribution in [2.75, 3.05) is 18.0 Å². The number of aromatic nitrogens is 1. The summed E-state index contributed by atoms with van der Waals surface area (Å²) < 4.78 is 0. The molecule has 2 aliphatic heterocycles. The highest BCUT2D eigenvalue weighted by molar-refractivity contribution is 7.14. The highest BCUT2D eigenvalue weighted by Gasteiger charge is 2.25. The summed E-state index contributed by atoms with van der Waals surface area (Å²) in [6.45, 7) is 3.86. The number of carbonyl (C=O) groups is 2. The van der Waals surface area contributed by atoms with Crippen LogP contribution in [0.5, 0.6) is 0 Å². The quantitative estimate of drug-likeness (QED) is 0.817. The number of nitrogens with one attached hydrogen (secondary N) is 2. The maximum atomic E-state index is 12.2. The fourth-order valence-corrected chi connectivity index (χ4v) is 3.88. The molecule has 1 aromatic heterocycles. The summed E-state index contributed by atoms with van der Waals surface area (Å²) >= 11 is 1.44. The van der Waals surface area contributed by atoms with Crippen LogP contribution in [0.2, 0.25) is 0 Å². The van der Waals surface area contributed by atoms with Gasteiger partial charge in [0.05, 0.1) is 12.1 Å². The molecule has 0 aromatic carbocycles. The summed E-state index contributed by atoms with van der Waals surface area (Å²) in [5.41, 5.74) is 0.744. The molecular weight excluding hydrogens is 371 g/mol. The van der Waals surface area contributed by atoms with Crippen LogP contribution < -0.4 is 15.5 Å². The first-order valence-corrected chi connectivity index (χ1v) is 8.79. The Morgan fingerprint density at radius 3 is 2.92 bits per heavy atom. The van der Waals surface area contributed by atoms with Crippen molar-refractivity contribution in [1.29, 1.82) is 0 Å². The maximum Gasteiger partial charge on any atom is 0.228 e. The molecular formula is C15H24Cl2N4O2S. The van der Waals surface area contributed by atoms with Gasteiger partial charge in [-0.15, -0.1) is 36.2 Å². The number of hydrogen-bond donors (Lipinski definition) is 2. The molecule has 0 saturated carbocycles. The van der Waals surface area contributed by atoms with Crippen molar-refractivity contribution in [1.82, 2.24) is 15.6 Å². The van der Waals surface area contributed by atoms with Gasteiger partial charge in [-0.1, -0.05) is 0 Å². The summed E-state index contributed by atoms with van der Waals surface area (Å²) in [4.78, 5) is 30.0. The highest BCUT2D eigenvalue weighted by Crippen LogP contribution is 2.25. The van der Waals surface area contributed by atoms with Crippen molar-refractivity contribution in [3.05, 3.63) is 11.1 Å². The number of hydrogen-bond acceptors (Lipinski definition) is 5. The fourth-order valence-electron chi connectivity index (χ4n) is 3.02. The highest BCUT2D eigenvalue weighted by atomic mass is 35.5. The number of piperidine rings is 1. The lowest BCUT2D eigenvalue weighted by Gasteiger charge is -2.30. The molecule has 2 saturated heterocycles. The van der Waals surface area contributed by atoms with Crippen LogP contribution in [0.4, 0.5) is 5.13 Å². The van der Waals surface area contributed by atoms with Crippen molar-refractivity contribution >= 4 is 53.1 Å². The number of nitrogens with zero attached hydrogens (tertiary/aromatic N) is 2. The lowest BCUT2D eigenvalue weighted by Crippen LogP contribution is -2.52. The predicted octanol–water partition coefficient (Wildman–Crippen LogP) is 1.91. The minimum Gasteiger partial charge on any atom is -0.351 e. The number of rotatable bonds is 4. The summed E-state index contributed by atoms with van der Waals surface area (Å²) in [6, 6.07) is 0.505. The van der Waals surface area contributed by atoms with Crippen LogP contribution in [0.3, 0.4) is 0 Å². The Morgan fingerprint density at radius 2 is 2.25 bits per heavy atom. The van der Waals surface area contributed by atoms with E-state index in [0.29, 0.717) is 12.5 Å². The SMILES string of the molecule is CC1NCCCC1NC(=O)Cc1csc(N2CCCC2=O)n1.Cl.Cl. The molecule has 2 N–H and O–H groups in total.